The Kier molecular flexibility index (Phi) is 3.56. The third-order valence-electron chi connectivity index (χ3n) is 3.14. The van der Waals surface area contributed by atoms with Crippen molar-refractivity contribution in [2.75, 3.05) is 13.2 Å². The van der Waals surface area contributed by atoms with E-state index >= 15 is 0 Å². The minimum atomic E-state index is 0.0202. The first-order valence-corrected chi connectivity index (χ1v) is 5.90. The molecule has 0 spiro atoms. The lowest BCUT2D eigenvalue weighted by atomic mass is 9.95. The van der Waals surface area contributed by atoms with Crippen molar-refractivity contribution in [2.24, 2.45) is 0 Å². The van der Waals surface area contributed by atoms with Crippen molar-refractivity contribution in [1.82, 2.24) is 4.98 Å². The summed E-state index contributed by atoms with van der Waals surface area (Å²) in [7, 11) is 0. The van der Waals surface area contributed by atoms with Gasteiger partial charge < -0.3 is 9.84 Å². The molecule has 1 aliphatic rings. The first kappa shape index (κ1) is 11.6. The average Bonchev–Trinajstić information content (AvgIpc) is 2.81. The number of aromatic nitrogens is 1. The van der Waals surface area contributed by atoms with Crippen LogP contribution in [0.5, 0.6) is 0 Å². The zero-order valence-corrected chi connectivity index (χ0v) is 9.94. The molecule has 2 heterocycles. The van der Waals surface area contributed by atoms with Gasteiger partial charge in [0.2, 0.25) is 0 Å². The monoisotopic (exact) mass is 221 g/mol. The zero-order chi connectivity index (χ0) is 11.5. The summed E-state index contributed by atoms with van der Waals surface area (Å²) in [4.78, 5) is 4.53. The first-order valence-electron chi connectivity index (χ1n) is 5.90. The van der Waals surface area contributed by atoms with Crippen molar-refractivity contribution < 1.29 is 9.84 Å². The smallest absolute Gasteiger partial charge is 0.0856 e. The normalized spacial score (nSPS) is 20.6. The van der Waals surface area contributed by atoms with Crippen molar-refractivity contribution in [3.05, 3.63) is 29.1 Å². The molecular formula is C13H19NO2. The molecule has 0 aliphatic carbocycles. The molecular weight excluding hydrogens is 202 g/mol. The van der Waals surface area contributed by atoms with Crippen LogP contribution >= 0.6 is 0 Å². The number of nitrogens with zero attached hydrogens (tertiary/aromatic N) is 1. The van der Waals surface area contributed by atoms with E-state index in [9.17, 15) is 5.11 Å². The molecule has 88 valence electrons. The van der Waals surface area contributed by atoms with Crippen LogP contribution in [0, 0.1) is 0 Å². The number of aliphatic hydroxyl groups is 1. The van der Waals surface area contributed by atoms with Gasteiger partial charge in [0.05, 0.1) is 18.9 Å². The van der Waals surface area contributed by atoms with E-state index < -0.39 is 0 Å². The van der Waals surface area contributed by atoms with E-state index in [-0.39, 0.29) is 6.61 Å². The van der Waals surface area contributed by atoms with Gasteiger partial charge in [-0.05, 0) is 24.0 Å². The van der Waals surface area contributed by atoms with Gasteiger partial charge in [0.1, 0.15) is 0 Å². The second-order valence-electron chi connectivity index (χ2n) is 4.65. The minimum Gasteiger partial charge on any atom is -0.390 e. The Morgan fingerprint density at radius 3 is 2.88 bits per heavy atom. The van der Waals surface area contributed by atoms with Crippen LogP contribution in [-0.4, -0.2) is 23.3 Å². The predicted octanol–water partition coefficient (Wildman–Crippen LogP) is 2.20. The summed E-state index contributed by atoms with van der Waals surface area (Å²) in [6, 6.07) is 4.17. The average molecular weight is 221 g/mol. The molecule has 3 heteroatoms. The Labute approximate surface area is 96.5 Å². The third kappa shape index (κ3) is 2.25. The Balaban J connectivity index is 2.30. The highest BCUT2D eigenvalue weighted by atomic mass is 16.5. The fourth-order valence-corrected chi connectivity index (χ4v) is 2.13. The lowest BCUT2D eigenvalue weighted by molar-refractivity contribution is 0.193. The fraction of sp³-hybridized carbons (Fsp3) is 0.615. The van der Waals surface area contributed by atoms with Crippen LogP contribution in [0.25, 0.3) is 0 Å². The predicted molar refractivity (Wildman–Crippen MR) is 62.4 cm³/mol. The first-order chi connectivity index (χ1) is 7.72. The molecule has 0 bridgehead atoms. The van der Waals surface area contributed by atoms with Crippen LogP contribution in [0.2, 0.25) is 0 Å². The molecule has 1 aromatic heterocycles. The lowest BCUT2D eigenvalue weighted by Crippen LogP contribution is -2.07. The SMILES string of the molecule is CC(C)c1ccc([C@@H]2CCOC2)c(CO)n1. The van der Waals surface area contributed by atoms with Gasteiger partial charge in [-0.2, -0.15) is 0 Å². The van der Waals surface area contributed by atoms with Crippen LogP contribution in [0.1, 0.15) is 49.1 Å². The maximum Gasteiger partial charge on any atom is 0.0856 e. The Morgan fingerprint density at radius 2 is 2.31 bits per heavy atom. The lowest BCUT2D eigenvalue weighted by Gasteiger charge is -2.14. The number of hydrogen-bond acceptors (Lipinski definition) is 3. The number of pyridine rings is 1. The molecule has 1 saturated heterocycles. The van der Waals surface area contributed by atoms with E-state index in [2.05, 4.69) is 31.0 Å². The molecule has 0 unspecified atom stereocenters. The molecule has 16 heavy (non-hydrogen) atoms. The van der Waals surface area contributed by atoms with Crippen molar-refractivity contribution in [1.29, 1.82) is 0 Å². The minimum absolute atomic E-state index is 0.0202. The van der Waals surface area contributed by atoms with E-state index in [1.807, 2.05) is 0 Å². The molecule has 3 nitrogen and oxygen atoms in total. The third-order valence-corrected chi connectivity index (χ3v) is 3.14. The second-order valence-corrected chi connectivity index (χ2v) is 4.65. The van der Waals surface area contributed by atoms with E-state index in [4.69, 9.17) is 4.74 Å². The molecule has 1 aromatic rings. The molecule has 1 N–H and O–H groups in total. The van der Waals surface area contributed by atoms with E-state index in [0.29, 0.717) is 11.8 Å². The van der Waals surface area contributed by atoms with Crippen LogP contribution in [0.15, 0.2) is 12.1 Å². The molecule has 0 saturated carbocycles. The standard InChI is InChI=1S/C13H19NO2/c1-9(2)12-4-3-11(13(7-15)14-12)10-5-6-16-8-10/h3-4,9-10,15H,5-8H2,1-2H3/t10-/m1/s1. The van der Waals surface area contributed by atoms with Gasteiger partial charge in [0, 0.05) is 18.2 Å². The van der Waals surface area contributed by atoms with E-state index in [1.165, 1.54) is 0 Å². The maximum absolute atomic E-state index is 9.38. The van der Waals surface area contributed by atoms with Crippen LogP contribution in [0.4, 0.5) is 0 Å². The highest BCUT2D eigenvalue weighted by Gasteiger charge is 2.21. The van der Waals surface area contributed by atoms with E-state index in [1.54, 1.807) is 0 Å². The van der Waals surface area contributed by atoms with Gasteiger partial charge >= 0.3 is 0 Å². The highest BCUT2D eigenvalue weighted by molar-refractivity contribution is 5.28. The molecule has 1 atom stereocenters. The highest BCUT2D eigenvalue weighted by Crippen LogP contribution is 2.28. The summed E-state index contributed by atoms with van der Waals surface area (Å²) in [5, 5.41) is 9.38. The van der Waals surface area contributed by atoms with Gasteiger partial charge in [0.25, 0.3) is 0 Å². The van der Waals surface area contributed by atoms with Gasteiger partial charge in [-0.15, -0.1) is 0 Å². The Bertz CT molecular complexity index is 357. The van der Waals surface area contributed by atoms with Crippen molar-refractivity contribution in [3.8, 4) is 0 Å². The zero-order valence-electron chi connectivity index (χ0n) is 9.94. The van der Waals surface area contributed by atoms with Crippen LogP contribution in [0.3, 0.4) is 0 Å². The topological polar surface area (TPSA) is 42.4 Å². The number of rotatable bonds is 3. The number of ether oxygens (including phenoxy) is 1. The summed E-state index contributed by atoms with van der Waals surface area (Å²) in [5.41, 5.74) is 3.03. The quantitative estimate of drug-likeness (QED) is 0.850. The summed E-state index contributed by atoms with van der Waals surface area (Å²) in [6.45, 7) is 5.83. The van der Waals surface area contributed by atoms with Crippen LogP contribution < -0.4 is 0 Å². The maximum atomic E-state index is 9.38. The van der Waals surface area contributed by atoms with Crippen molar-refractivity contribution in [2.45, 2.75) is 38.7 Å². The van der Waals surface area contributed by atoms with Crippen molar-refractivity contribution >= 4 is 0 Å². The Morgan fingerprint density at radius 1 is 1.50 bits per heavy atom. The molecule has 1 fully saturated rings. The molecule has 2 rings (SSSR count). The summed E-state index contributed by atoms with van der Waals surface area (Å²) < 4.78 is 5.38. The number of aliphatic hydroxyl groups excluding tert-OH is 1. The van der Waals surface area contributed by atoms with Crippen LogP contribution in [-0.2, 0) is 11.3 Å². The summed E-state index contributed by atoms with van der Waals surface area (Å²) in [6.07, 6.45) is 1.04. The van der Waals surface area contributed by atoms with Gasteiger partial charge in [-0.1, -0.05) is 19.9 Å². The largest absolute Gasteiger partial charge is 0.390 e. The summed E-state index contributed by atoms with van der Waals surface area (Å²) >= 11 is 0. The molecule has 1 aliphatic heterocycles. The van der Waals surface area contributed by atoms with Gasteiger partial charge in [-0.3, -0.25) is 4.98 Å². The molecule has 0 aromatic carbocycles. The van der Waals surface area contributed by atoms with Crippen molar-refractivity contribution in [3.63, 3.8) is 0 Å². The fourth-order valence-electron chi connectivity index (χ4n) is 2.13. The number of hydrogen-bond donors (Lipinski definition) is 1. The summed E-state index contributed by atoms with van der Waals surface area (Å²) in [5.74, 6) is 0.815. The van der Waals surface area contributed by atoms with E-state index in [0.717, 1.165) is 36.6 Å². The second kappa shape index (κ2) is 4.93. The Hall–Kier alpha value is -0.930. The van der Waals surface area contributed by atoms with Gasteiger partial charge in [0.15, 0.2) is 0 Å². The molecule has 0 amide bonds. The van der Waals surface area contributed by atoms with Gasteiger partial charge in [-0.25, -0.2) is 0 Å². The molecule has 0 radical (unpaired) electrons.